The van der Waals surface area contributed by atoms with Gasteiger partial charge in [-0.2, -0.15) is 0 Å². The van der Waals surface area contributed by atoms with Crippen LogP contribution in [-0.2, 0) is 0 Å². The van der Waals surface area contributed by atoms with E-state index in [0.717, 1.165) is 30.8 Å². The number of carbonyl (C=O) groups excluding carboxylic acids is 1. The SMILES string of the molecule is O=C1c2ccccc2OCC12CCNC2. The number of benzene rings is 1. The first-order chi connectivity index (χ1) is 7.32. The zero-order valence-corrected chi connectivity index (χ0v) is 8.45. The van der Waals surface area contributed by atoms with Crippen LogP contribution in [-0.4, -0.2) is 25.5 Å². The predicted molar refractivity (Wildman–Crippen MR) is 56.2 cm³/mol. The molecule has 15 heavy (non-hydrogen) atoms. The van der Waals surface area contributed by atoms with Crippen molar-refractivity contribution in [2.75, 3.05) is 19.7 Å². The summed E-state index contributed by atoms with van der Waals surface area (Å²) in [6.45, 7) is 2.19. The van der Waals surface area contributed by atoms with Crippen LogP contribution in [0.2, 0.25) is 0 Å². The van der Waals surface area contributed by atoms with Gasteiger partial charge in [0.2, 0.25) is 0 Å². The number of carbonyl (C=O) groups is 1. The molecule has 1 fully saturated rings. The van der Waals surface area contributed by atoms with E-state index in [1.807, 2.05) is 24.3 Å². The molecule has 1 aromatic rings. The van der Waals surface area contributed by atoms with E-state index in [-0.39, 0.29) is 11.2 Å². The highest BCUT2D eigenvalue weighted by atomic mass is 16.5. The molecule has 0 saturated carbocycles. The van der Waals surface area contributed by atoms with Crippen molar-refractivity contribution < 1.29 is 9.53 Å². The molecule has 1 unspecified atom stereocenters. The summed E-state index contributed by atoms with van der Waals surface area (Å²) in [6, 6.07) is 7.51. The molecular formula is C12H13NO2. The highest BCUT2D eigenvalue weighted by Crippen LogP contribution is 2.38. The third-order valence-corrected chi connectivity index (χ3v) is 3.36. The maximum atomic E-state index is 12.3. The maximum absolute atomic E-state index is 12.3. The average Bonchev–Trinajstić information content (AvgIpc) is 2.74. The van der Waals surface area contributed by atoms with Crippen molar-refractivity contribution in [2.45, 2.75) is 6.42 Å². The van der Waals surface area contributed by atoms with Gasteiger partial charge < -0.3 is 10.1 Å². The van der Waals surface area contributed by atoms with E-state index < -0.39 is 0 Å². The minimum absolute atomic E-state index is 0.245. The minimum Gasteiger partial charge on any atom is -0.492 e. The smallest absolute Gasteiger partial charge is 0.177 e. The summed E-state index contributed by atoms with van der Waals surface area (Å²) < 4.78 is 5.67. The lowest BCUT2D eigenvalue weighted by Crippen LogP contribution is -2.42. The Morgan fingerprint density at radius 3 is 3.00 bits per heavy atom. The van der Waals surface area contributed by atoms with Gasteiger partial charge in [-0.1, -0.05) is 12.1 Å². The summed E-state index contributed by atoms with van der Waals surface area (Å²) in [5.74, 6) is 0.981. The maximum Gasteiger partial charge on any atom is 0.177 e. The van der Waals surface area contributed by atoms with Gasteiger partial charge in [-0.05, 0) is 25.1 Å². The van der Waals surface area contributed by atoms with Crippen LogP contribution in [0.4, 0.5) is 0 Å². The topological polar surface area (TPSA) is 38.3 Å². The highest BCUT2D eigenvalue weighted by Gasteiger charge is 2.45. The van der Waals surface area contributed by atoms with E-state index in [0.29, 0.717) is 6.61 Å². The standard InChI is InChI=1S/C12H13NO2/c14-11-9-3-1-2-4-10(9)15-8-12(11)5-6-13-7-12/h1-4,13H,5-8H2. The van der Waals surface area contributed by atoms with Gasteiger partial charge in [-0.15, -0.1) is 0 Å². The molecule has 1 N–H and O–H groups in total. The van der Waals surface area contributed by atoms with Crippen molar-refractivity contribution in [2.24, 2.45) is 5.41 Å². The van der Waals surface area contributed by atoms with Crippen LogP contribution in [0.25, 0.3) is 0 Å². The van der Waals surface area contributed by atoms with Crippen LogP contribution >= 0.6 is 0 Å². The highest BCUT2D eigenvalue weighted by molar-refractivity contribution is 6.04. The zero-order valence-electron chi connectivity index (χ0n) is 8.45. The molecule has 78 valence electrons. The molecule has 2 aliphatic rings. The van der Waals surface area contributed by atoms with Crippen molar-refractivity contribution in [3.63, 3.8) is 0 Å². The van der Waals surface area contributed by atoms with Gasteiger partial charge in [-0.25, -0.2) is 0 Å². The number of ketones is 1. The lowest BCUT2D eigenvalue weighted by atomic mass is 9.78. The third kappa shape index (κ3) is 1.20. The van der Waals surface area contributed by atoms with Crippen LogP contribution in [0.1, 0.15) is 16.8 Å². The summed E-state index contributed by atoms with van der Waals surface area (Å²) in [6.07, 6.45) is 0.889. The molecule has 1 atom stereocenters. The summed E-state index contributed by atoms with van der Waals surface area (Å²) in [5, 5.41) is 3.24. The fourth-order valence-electron chi connectivity index (χ4n) is 2.41. The lowest BCUT2D eigenvalue weighted by Gasteiger charge is -2.32. The molecule has 2 heterocycles. The number of hydrogen-bond donors (Lipinski definition) is 1. The van der Waals surface area contributed by atoms with Crippen molar-refractivity contribution >= 4 is 5.78 Å². The molecule has 3 nitrogen and oxygen atoms in total. The first-order valence-corrected chi connectivity index (χ1v) is 5.29. The van der Waals surface area contributed by atoms with Crippen molar-refractivity contribution in [1.29, 1.82) is 0 Å². The molecule has 1 aromatic carbocycles. The van der Waals surface area contributed by atoms with E-state index in [9.17, 15) is 4.79 Å². The van der Waals surface area contributed by atoms with Gasteiger partial charge in [0.05, 0.1) is 11.0 Å². The van der Waals surface area contributed by atoms with E-state index in [4.69, 9.17) is 4.74 Å². The second kappa shape index (κ2) is 3.07. The molecule has 0 aromatic heterocycles. The number of hydrogen-bond acceptors (Lipinski definition) is 3. The second-order valence-electron chi connectivity index (χ2n) is 4.32. The summed E-state index contributed by atoms with van der Waals surface area (Å²) >= 11 is 0. The van der Waals surface area contributed by atoms with Gasteiger partial charge in [0.1, 0.15) is 12.4 Å². The van der Waals surface area contributed by atoms with E-state index >= 15 is 0 Å². The zero-order chi connectivity index (χ0) is 10.3. The molecule has 1 spiro atoms. The minimum atomic E-state index is -0.297. The van der Waals surface area contributed by atoms with Crippen molar-refractivity contribution in [1.82, 2.24) is 5.32 Å². The fraction of sp³-hybridized carbons (Fsp3) is 0.417. The van der Waals surface area contributed by atoms with Crippen molar-refractivity contribution in [3.8, 4) is 5.75 Å². The Labute approximate surface area is 88.4 Å². The van der Waals surface area contributed by atoms with Gasteiger partial charge in [0, 0.05) is 6.54 Å². The number of Topliss-reactive ketones (excluding diaryl/α,β-unsaturated/α-hetero) is 1. The van der Waals surface area contributed by atoms with Crippen LogP contribution in [0.5, 0.6) is 5.75 Å². The molecule has 2 aliphatic heterocycles. The molecule has 1 saturated heterocycles. The molecule has 3 rings (SSSR count). The van der Waals surface area contributed by atoms with Gasteiger partial charge in [-0.3, -0.25) is 4.79 Å². The number of ether oxygens (including phenoxy) is 1. The molecular weight excluding hydrogens is 190 g/mol. The second-order valence-corrected chi connectivity index (χ2v) is 4.32. The fourth-order valence-corrected chi connectivity index (χ4v) is 2.41. The quantitative estimate of drug-likeness (QED) is 0.689. The summed E-state index contributed by atoms with van der Waals surface area (Å²) in [4.78, 5) is 12.3. The summed E-state index contributed by atoms with van der Waals surface area (Å²) in [5.41, 5.74) is 0.446. The van der Waals surface area contributed by atoms with Gasteiger partial charge >= 0.3 is 0 Å². The molecule has 3 heteroatoms. The monoisotopic (exact) mass is 203 g/mol. The Bertz CT molecular complexity index is 408. The Morgan fingerprint density at radius 2 is 2.20 bits per heavy atom. The normalized spacial score (nSPS) is 28.9. The van der Waals surface area contributed by atoms with Crippen LogP contribution in [0.3, 0.4) is 0 Å². The number of fused-ring (bicyclic) bond motifs is 1. The Morgan fingerprint density at radius 1 is 1.33 bits per heavy atom. The molecule has 0 aliphatic carbocycles. The number of rotatable bonds is 0. The van der Waals surface area contributed by atoms with Crippen molar-refractivity contribution in [3.05, 3.63) is 29.8 Å². The predicted octanol–water partition coefficient (Wildman–Crippen LogP) is 1.24. The Hall–Kier alpha value is -1.35. The third-order valence-electron chi connectivity index (χ3n) is 3.36. The first kappa shape index (κ1) is 8.92. The average molecular weight is 203 g/mol. The summed E-state index contributed by atoms with van der Waals surface area (Å²) in [7, 11) is 0. The number of nitrogens with one attached hydrogen (secondary N) is 1. The van der Waals surface area contributed by atoms with Crippen LogP contribution < -0.4 is 10.1 Å². The molecule has 0 radical (unpaired) electrons. The Balaban J connectivity index is 2.05. The van der Waals surface area contributed by atoms with E-state index in [2.05, 4.69) is 5.32 Å². The van der Waals surface area contributed by atoms with Gasteiger partial charge in [0.25, 0.3) is 0 Å². The van der Waals surface area contributed by atoms with Crippen LogP contribution in [0.15, 0.2) is 24.3 Å². The molecule has 0 amide bonds. The van der Waals surface area contributed by atoms with E-state index in [1.54, 1.807) is 0 Å². The van der Waals surface area contributed by atoms with Gasteiger partial charge in [0.15, 0.2) is 5.78 Å². The lowest BCUT2D eigenvalue weighted by molar-refractivity contribution is 0.0654. The largest absolute Gasteiger partial charge is 0.492 e. The first-order valence-electron chi connectivity index (χ1n) is 5.29. The van der Waals surface area contributed by atoms with Crippen LogP contribution in [0, 0.1) is 5.41 Å². The Kier molecular flexibility index (Phi) is 1.83. The number of para-hydroxylation sites is 1. The van der Waals surface area contributed by atoms with E-state index in [1.165, 1.54) is 0 Å². The molecule has 0 bridgehead atoms.